The van der Waals surface area contributed by atoms with Crippen LogP contribution < -0.4 is 5.32 Å². The fourth-order valence-corrected chi connectivity index (χ4v) is 2.26. The molecule has 0 saturated heterocycles. The highest BCUT2D eigenvalue weighted by Crippen LogP contribution is 2.32. The van der Waals surface area contributed by atoms with Gasteiger partial charge >= 0.3 is 0 Å². The number of aromatic nitrogens is 2. The van der Waals surface area contributed by atoms with E-state index in [0.717, 1.165) is 12.2 Å². The first-order valence-corrected chi connectivity index (χ1v) is 7.09. The van der Waals surface area contributed by atoms with Crippen molar-refractivity contribution in [1.82, 2.24) is 9.97 Å². The molecule has 104 valence electrons. The third kappa shape index (κ3) is 3.45. The number of rotatable bonds is 5. The molecule has 1 aliphatic rings. The fourth-order valence-electron chi connectivity index (χ4n) is 2.05. The first-order chi connectivity index (χ1) is 9.70. The molecule has 3 nitrogen and oxygen atoms in total. The first kappa shape index (κ1) is 13.3. The van der Waals surface area contributed by atoms with E-state index in [2.05, 4.69) is 15.3 Å². The molecule has 1 fully saturated rings. The topological polar surface area (TPSA) is 37.8 Å². The van der Waals surface area contributed by atoms with Gasteiger partial charge in [-0.2, -0.15) is 0 Å². The summed E-state index contributed by atoms with van der Waals surface area (Å²) in [5.74, 6) is 1.88. The molecule has 20 heavy (non-hydrogen) atoms. The Morgan fingerprint density at radius 1 is 1.25 bits per heavy atom. The van der Waals surface area contributed by atoms with Crippen LogP contribution in [0.2, 0.25) is 5.15 Å². The maximum atomic E-state index is 13.5. The molecular formula is C15H15ClFN3. The van der Waals surface area contributed by atoms with Crippen LogP contribution >= 0.6 is 11.6 Å². The van der Waals surface area contributed by atoms with Crippen molar-refractivity contribution in [3.8, 4) is 0 Å². The minimum atomic E-state index is -0.224. The van der Waals surface area contributed by atoms with Crippen molar-refractivity contribution in [2.45, 2.75) is 25.8 Å². The fraction of sp³-hybridized carbons (Fsp3) is 0.333. The Morgan fingerprint density at radius 2 is 2.05 bits per heavy atom. The molecule has 1 aromatic carbocycles. The lowest BCUT2D eigenvalue weighted by molar-refractivity contribution is 0.613. The summed E-state index contributed by atoms with van der Waals surface area (Å²) in [5.41, 5.74) is 0.603. The first-order valence-electron chi connectivity index (χ1n) is 6.71. The molecule has 1 heterocycles. The predicted molar refractivity (Wildman–Crippen MR) is 77.2 cm³/mol. The van der Waals surface area contributed by atoms with Gasteiger partial charge in [-0.05, 0) is 24.8 Å². The largest absolute Gasteiger partial charge is 0.366 e. The Hall–Kier alpha value is -1.68. The zero-order chi connectivity index (χ0) is 13.9. The zero-order valence-electron chi connectivity index (χ0n) is 10.9. The minimum absolute atomic E-state index is 0.224. The van der Waals surface area contributed by atoms with E-state index < -0.39 is 0 Å². The highest BCUT2D eigenvalue weighted by atomic mass is 35.5. The summed E-state index contributed by atoms with van der Waals surface area (Å²) in [6.07, 6.45) is 3.36. The molecule has 1 aromatic heterocycles. The monoisotopic (exact) mass is 291 g/mol. The molecule has 2 aromatic rings. The summed E-state index contributed by atoms with van der Waals surface area (Å²) in [6, 6.07) is 8.34. The average molecular weight is 292 g/mol. The summed E-state index contributed by atoms with van der Waals surface area (Å²) in [6.45, 7) is 0.378. The quantitative estimate of drug-likeness (QED) is 0.851. The second kappa shape index (κ2) is 5.75. The van der Waals surface area contributed by atoms with Gasteiger partial charge in [0.1, 0.15) is 22.6 Å². The van der Waals surface area contributed by atoms with Gasteiger partial charge in [-0.25, -0.2) is 14.4 Å². The zero-order valence-corrected chi connectivity index (χ0v) is 11.7. The van der Waals surface area contributed by atoms with Gasteiger partial charge in [-0.3, -0.25) is 0 Å². The molecule has 1 aliphatic carbocycles. The Labute approximate surface area is 122 Å². The van der Waals surface area contributed by atoms with E-state index in [0.29, 0.717) is 29.0 Å². The maximum absolute atomic E-state index is 13.5. The van der Waals surface area contributed by atoms with Gasteiger partial charge in [0.25, 0.3) is 0 Å². The third-order valence-electron chi connectivity index (χ3n) is 3.33. The third-order valence-corrected chi connectivity index (χ3v) is 3.52. The minimum Gasteiger partial charge on any atom is -0.366 e. The standard InChI is InChI=1S/C15H15ClFN3/c16-13-8-14(20-15(19-13)7-10-5-6-10)18-9-11-3-1-2-4-12(11)17/h1-4,8,10H,5-7,9H2,(H,18,19,20). The Balaban J connectivity index is 1.70. The summed E-state index contributed by atoms with van der Waals surface area (Å²) in [4.78, 5) is 8.66. The Kier molecular flexibility index (Phi) is 3.83. The van der Waals surface area contributed by atoms with E-state index in [1.54, 1.807) is 18.2 Å². The molecule has 0 atom stereocenters. The van der Waals surface area contributed by atoms with Gasteiger partial charge in [0.05, 0.1) is 0 Å². The average Bonchev–Trinajstić information content (AvgIpc) is 3.21. The Morgan fingerprint density at radius 3 is 2.80 bits per heavy atom. The summed E-state index contributed by atoms with van der Waals surface area (Å²) in [7, 11) is 0. The summed E-state index contributed by atoms with van der Waals surface area (Å²) in [5, 5.41) is 3.52. The lowest BCUT2D eigenvalue weighted by Gasteiger charge is -2.08. The van der Waals surface area contributed by atoms with Gasteiger partial charge in [0, 0.05) is 24.6 Å². The summed E-state index contributed by atoms with van der Waals surface area (Å²) >= 11 is 6.00. The molecular weight excluding hydrogens is 277 g/mol. The molecule has 3 rings (SSSR count). The summed E-state index contributed by atoms with van der Waals surface area (Å²) < 4.78 is 13.5. The van der Waals surface area contributed by atoms with Crippen LogP contribution in [0.3, 0.4) is 0 Å². The van der Waals surface area contributed by atoms with E-state index in [1.165, 1.54) is 18.9 Å². The van der Waals surface area contributed by atoms with E-state index in [-0.39, 0.29) is 5.82 Å². The van der Waals surface area contributed by atoms with Gasteiger partial charge < -0.3 is 5.32 Å². The van der Waals surface area contributed by atoms with E-state index in [4.69, 9.17) is 11.6 Å². The van der Waals surface area contributed by atoms with Crippen LogP contribution in [-0.4, -0.2) is 9.97 Å². The molecule has 0 bridgehead atoms. The number of nitrogens with one attached hydrogen (secondary N) is 1. The highest BCUT2D eigenvalue weighted by Gasteiger charge is 2.23. The Bertz CT molecular complexity index is 614. The van der Waals surface area contributed by atoms with Gasteiger partial charge in [0.2, 0.25) is 0 Å². The van der Waals surface area contributed by atoms with Crippen LogP contribution in [0.15, 0.2) is 30.3 Å². The molecule has 0 unspecified atom stereocenters. The lowest BCUT2D eigenvalue weighted by Crippen LogP contribution is -2.06. The van der Waals surface area contributed by atoms with E-state index >= 15 is 0 Å². The van der Waals surface area contributed by atoms with Gasteiger partial charge in [-0.1, -0.05) is 29.8 Å². The number of halogens is 2. The maximum Gasteiger partial charge on any atom is 0.134 e. The normalized spacial score (nSPS) is 14.3. The molecule has 0 amide bonds. The predicted octanol–water partition coefficient (Wildman–Crippen LogP) is 3.83. The number of anilines is 1. The molecule has 0 radical (unpaired) electrons. The van der Waals surface area contributed by atoms with E-state index in [9.17, 15) is 4.39 Å². The highest BCUT2D eigenvalue weighted by molar-refractivity contribution is 6.29. The van der Waals surface area contributed by atoms with Gasteiger partial charge in [-0.15, -0.1) is 0 Å². The second-order valence-electron chi connectivity index (χ2n) is 5.08. The van der Waals surface area contributed by atoms with Crippen LogP contribution in [0.25, 0.3) is 0 Å². The van der Waals surface area contributed by atoms with Crippen LogP contribution in [0.4, 0.5) is 10.2 Å². The SMILES string of the molecule is Fc1ccccc1CNc1cc(Cl)nc(CC2CC2)n1. The number of nitrogens with zero attached hydrogens (tertiary/aromatic N) is 2. The van der Waals surface area contributed by atoms with Crippen LogP contribution in [0, 0.1) is 11.7 Å². The van der Waals surface area contributed by atoms with Crippen molar-refractivity contribution >= 4 is 17.4 Å². The van der Waals surface area contributed by atoms with E-state index in [1.807, 2.05) is 6.07 Å². The van der Waals surface area contributed by atoms with Crippen molar-refractivity contribution in [3.63, 3.8) is 0 Å². The number of hydrogen-bond acceptors (Lipinski definition) is 3. The van der Waals surface area contributed by atoms with Crippen molar-refractivity contribution in [2.24, 2.45) is 5.92 Å². The van der Waals surface area contributed by atoms with Crippen molar-refractivity contribution in [1.29, 1.82) is 0 Å². The van der Waals surface area contributed by atoms with Crippen LogP contribution in [0.5, 0.6) is 0 Å². The molecule has 0 aliphatic heterocycles. The second-order valence-corrected chi connectivity index (χ2v) is 5.47. The van der Waals surface area contributed by atoms with Crippen molar-refractivity contribution < 1.29 is 4.39 Å². The van der Waals surface area contributed by atoms with Gasteiger partial charge in [0.15, 0.2) is 0 Å². The van der Waals surface area contributed by atoms with Crippen molar-refractivity contribution in [3.05, 3.63) is 52.7 Å². The molecule has 1 saturated carbocycles. The van der Waals surface area contributed by atoms with Crippen LogP contribution in [-0.2, 0) is 13.0 Å². The molecule has 1 N–H and O–H groups in total. The van der Waals surface area contributed by atoms with Crippen molar-refractivity contribution in [2.75, 3.05) is 5.32 Å². The smallest absolute Gasteiger partial charge is 0.134 e. The molecule has 5 heteroatoms. The van der Waals surface area contributed by atoms with Crippen LogP contribution in [0.1, 0.15) is 24.2 Å². The molecule has 0 spiro atoms. The lowest BCUT2D eigenvalue weighted by atomic mass is 10.2. The number of hydrogen-bond donors (Lipinski definition) is 1. The number of benzene rings is 1.